The molecular formula is C22H22O10. The largest absolute Gasteiger partial charge is 0.504 e. The summed E-state index contributed by atoms with van der Waals surface area (Å²) in [5.74, 6) is -1.15. The first kappa shape index (κ1) is 21.7. The number of methoxy groups -OCH3 is 2. The van der Waals surface area contributed by atoms with E-state index in [2.05, 4.69) is 0 Å². The quantitative estimate of drug-likeness (QED) is 0.632. The Morgan fingerprint density at radius 2 is 1.19 bits per heavy atom. The lowest BCUT2D eigenvalue weighted by molar-refractivity contribution is -0.0287. The molecule has 0 amide bonds. The van der Waals surface area contributed by atoms with Crippen molar-refractivity contribution in [3.8, 4) is 23.0 Å². The molecule has 0 saturated carbocycles. The molecule has 2 unspecified atom stereocenters. The van der Waals surface area contributed by atoms with Crippen molar-refractivity contribution >= 4 is 11.9 Å². The molecule has 2 saturated heterocycles. The second-order valence-corrected chi connectivity index (χ2v) is 7.26. The van der Waals surface area contributed by atoms with Crippen LogP contribution in [0.1, 0.15) is 20.7 Å². The summed E-state index contributed by atoms with van der Waals surface area (Å²) in [7, 11) is 2.75. The Kier molecular flexibility index (Phi) is 6.06. The van der Waals surface area contributed by atoms with Crippen molar-refractivity contribution in [2.24, 2.45) is 0 Å². The molecule has 4 rings (SSSR count). The molecule has 170 valence electrons. The molecule has 0 spiro atoms. The van der Waals surface area contributed by atoms with Crippen LogP contribution in [0, 0.1) is 0 Å². The normalized spacial score (nSPS) is 23.9. The van der Waals surface area contributed by atoms with Gasteiger partial charge in [-0.25, -0.2) is 9.59 Å². The first-order chi connectivity index (χ1) is 15.4. The number of hydrogen-bond donors (Lipinski definition) is 2. The van der Waals surface area contributed by atoms with E-state index in [4.69, 9.17) is 28.4 Å². The Hall–Kier alpha value is -3.50. The van der Waals surface area contributed by atoms with Gasteiger partial charge in [-0.2, -0.15) is 0 Å². The number of rotatable bonds is 6. The van der Waals surface area contributed by atoms with Gasteiger partial charge in [0.2, 0.25) is 0 Å². The molecule has 2 N–H and O–H groups in total. The predicted octanol–water partition coefficient (Wildman–Crippen LogP) is 1.66. The summed E-state index contributed by atoms with van der Waals surface area (Å²) in [5, 5.41) is 19.3. The van der Waals surface area contributed by atoms with Crippen molar-refractivity contribution in [1.29, 1.82) is 0 Å². The lowest BCUT2D eigenvalue weighted by Crippen LogP contribution is -2.36. The number of esters is 2. The number of phenolic OH excluding ortho intramolecular Hbond substituents is 2. The van der Waals surface area contributed by atoms with Gasteiger partial charge in [0.1, 0.15) is 12.2 Å². The molecule has 0 aromatic heterocycles. The Morgan fingerprint density at radius 1 is 0.781 bits per heavy atom. The van der Waals surface area contributed by atoms with Gasteiger partial charge in [0.05, 0.1) is 38.6 Å². The van der Waals surface area contributed by atoms with Gasteiger partial charge in [-0.15, -0.1) is 0 Å². The van der Waals surface area contributed by atoms with Crippen molar-refractivity contribution in [2.75, 3.05) is 27.4 Å². The molecule has 10 heteroatoms. The smallest absolute Gasteiger partial charge is 0.338 e. The lowest BCUT2D eigenvalue weighted by atomic mass is 10.1. The van der Waals surface area contributed by atoms with Crippen LogP contribution in [0.4, 0.5) is 0 Å². The fraction of sp³-hybridized carbons (Fsp3) is 0.364. The van der Waals surface area contributed by atoms with Crippen molar-refractivity contribution in [3.63, 3.8) is 0 Å². The van der Waals surface area contributed by atoms with Gasteiger partial charge in [-0.3, -0.25) is 0 Å². The van der Waals surface area contributed by atoms with Crippen molar-refractivity contribution in [2.45, 2.75) is 24.4 Å². The number of benzene rings is 2. The summed E-state index contributed by atoms with van der Waals surface area (Å²) in [5.41, 5.74) is 0.399. The maximum absolute atomic E-state index is 12.5. The van der Waals surface area contributed by atoms with Crippen LogP contribution < -0.4 is 9.47 Å². The minimum atomic E-state index is -0.690. The first-order valence-corrected chi connectivity index (χ1v) is 9.80. The monoisotopic (exact) mass is 446 g/mol. The highest BCUT2D eigenvalue weighted by Crippen LogP contribution is 2.33. The molecule has 32 heavy (non-hydrogen) atoms. The van der Waals surface area contributed by atoms with Crippen molar-refractivity contribution in [3.05, 3.63) is 47.5 Å². The van der Waals surface area contributed by atoms with Gasteiger partial charge in [0.25, 0.3) is 0 Å². The van der Waals surface area contributed by atoms with E-state index in [-0.39, 0.29) is 47.3 Å². The van der Waals surface area contributed by atoms with Gasteiger partial charge in [-0.05, 0) is 36.4 Å². The third-order valence-electron chi connectivity index (χ3n) is 5.31. The highest BCUT2D eigenvalue weighted by molar-refractivity contribution is 5.91. The number of carbonyl (C=O) groups is 2. The average Bonchev–Trinajstić information content (AvgIpc) is 3.37. The fourth-order valence-corrected chi connectivity index (χ4v) is 3.65. The second-order valence-electron chi connectivity index (χ2n) is 7.26. The third-order valence-corrected chi connectivity index (χ3v) is 5.31. The Labute approximate surface area is 183 Å². The van der Waals surface area contributed by atoms with Gasteiger partial charge in [0.15, 0.2) is 35.2 Å². The van der Waals surface area contributed by atoms with E-state index in [1.807, 2.05) is 0 Å². The van der Waals surface area contributed by atoms with E-state index in [1.54, 1.807) is 0 Å². The maximum atomic E-state index is 12.5. The Bertz CT molecular complexity index is 938. The number of phenols is 2. The number of hydrogen-bond acceptors (Lipinski definition) is 10. The van der Waals surface area contributed by atoms with Crippen LogP contribution in [0.5, 0.6) is 23.0 Å². The molecule has 2 aliphatic heterocycles. The Morgan fingerprint density at radius 3 is 1.56 bits per heavy atom. The van der Waals surface area contributed by atoms with E-state index < -0.39 is 36.4 Å². The molecule has 0 aliphatic carbocycles. The molecule has 2 aliphatic rings. The van der Waals surface area contributed by atoms with Crippen molar-refractivity contribution in [1.82, 2.24) is 0 Å². The number of aromatic hydroxyl groups is 2. The minimum Gasteiger partial charge on any atom is -0.504 e. The molecule has 10 nitrogen and oxygen atoms in total. The fourth-order valence-electron chi connectivity index (χ4n) is 3.65. The van der Waals surface area contributed by atoms with Crippen molar-refractivity contribution < 1.29 is 48.2 Å². The minimum absolute atomic E-state index is 0.0807. The van der Waals surface area contributed by atoms with Gasteiger partial charge in [-0.1, -0.05) is 0 Å². The van der Waals surface area contributed by atoms with Gasteiger partial charge in [0, 0.05) is 0 Å². The summed E-state index contributed by atoms with van der Waals surface area (Å²) in [4.78, 5) is 25.0. The molecule has 0 radical (unpaired) electrons. The van der Waals surface area contributed by atoms with Crippen LogP contribution in [0.2, 0.25) is 0 Å². The number of ether oxygens (including phenoxy) is 6. The maximum Gasteiger partial charge on any atom is 0.338 e. The van der Waals surface area contributed by atoms with E-state index in [0.717, 1.165) is 0 Å². The van der Waals surface area contributed by atoms with Crippen LogP contribution in [-0.2, 0) is 18.9 Å². The number of carbonyl (C=O) groups excluding carboxylic acids is 2. The zero-order chi connectivity index (χ0) is 22.8. The predicted molar refractivity (Wildman–Crippen MR) is 107 cm³/mol. The second kappa shape index (κ2) is 8.93. The molecule has 2 aromatic rings. The van der Waals surface area contributed by atoms with Crippen LogP contribution in [0.3, 0.4) is 0 Å². The SMILES string of the molecule is COc1cc(C(=O)O[C@@H]2COC3C2OC[C@H]3OC(=O)c2ccc(O)c(OC)c2)ccc1O. The highest BCUT2D eigenvalue weighted by atomic mass is 16.7. The molecular weight excluding hydrogens is 424 g/mol. The van der Waals surface area contributed by atoms with Crippen LogP contribution in [-0.4, -0.2) is 74.0 Å². The van der Waals surface area contributed by atoms with E-state index in [1.165, 1.54) is 50.6 Å². The first-order valence-electron chi connectivity index (χ1n) is 9.80. The molecule has 2 aromatic carbocycles. The summed E-state index contributed by atoms with van der Waals surface area (Å²) >= 11 is 0. The van der Waals surface area contributed by atoms with E-state index >= 15 is 0 Å². The van der Waals surface area contributed by atoms with Crippen LogP contribution in [0.25, 0.3) is 0 Å². The molecule has 0 bridgehead atoms. The average molecular weight is 446 g/mol. The van der Waals surface area contributed by atoms with Crippen LogP contribution >= 0.6 is 0 Å². The zero-order valence-electron chi connectivity index (χ0n) is 17.3. The number of fused-ring (bicyclic) bond motifs is 1. The van der Waals surface area contributed by atoms with Crippen LogP contribution in [0.15, 0.2) is 36.4 Å². The lowest BCUT2D eigenvalue weighted by Gasteiger charge is -2.17. The Balaban J connectivity index is 1.38. The standard InChI is InChI=1S/C22H22O10/c1-27-15-7-11(3-5-13(15)23)21(25)31-17-9-29-20-18(10-30-19(17)20)32-22(26)12-4-6-14(24)16(8-12)28-2/h3-8,17-20,23-24H,9-10H2,1-2H3/t17-,18-,19?,20?/m1/s1. The molecule has 2 heterocycles. The highest BCUT2D eigenvalue weighted by Gasteiger charge is 2.51. The zero-order valence-corrected chi connectivity index (χ0v) is 17.3. The van der Waals surface area contributed by atoms with Gasteiger partial charge >= 0.3 is 11.9 Å². The van der Waals surface area contributed by atoms with E-state index in [9.17, 15) is 19.8 Å². The third kappa shape index (κ3) is 4.14. The topological polar surface area (TPSA) is 130 Å². The molecule has 2 fully saturated rings. The summed E-state index contributed by atoms with van der Waals surface area (Å²) in [6.45, 7) is 0.161. The van der Waals surface area contributed by atoms with Gasteiger partial charge < -0.3 is 38.6 Å². The summed E-state index contributed by atoms with van der Waals surface area (Å²) in [6.07, 6.45) is -2.57. The summed E-state index contributed by atoms with van der Waals surface area (Å²) in [6, 6.07) is 8.25. The van der Waals surface area contributed by atoms with E-state index in [0.29, 0.717) is 0 Å². The molecule has 4 atom stereocenters. The summed E-state index contributed by atoms with van der Waals surface area (Å²) < 4.78 is 32.4.